The van der Waals surface area contributed by atoms with Gasteiger partial charge in [-0.25, -0.2) is 0 Å². The largest absolute Gasteiger partial charge is 0.488 e. The van der Waals surface area contributed by atoms with Crippen molar-refractivity contribution in [3.63, 3.8) is 0 Å². The van der Waals surface area contributed by atoms with E-state index in [4.69, 9.17) is 18.9 Å². The summed E-state index contributed by atoms with van der Waals surface area (Å²) in [6.07, 6.45) is 0. The molecule has 48 heavy (non-hydrogen) atoms. The minimum atomic E-state index is 0.113. The Balaban J connectivity index is 1.36. The number of anilines is 2. The van der Waals surface area contributed by atoms with E-state index < -0.39 is 0 Å². The zero-order valence-corrected chi connectivity index (χ0v) is 28.8. The Morgan fingerprint density at radius 2 is 1.08 bits per heavy atom. The molecule has 2 aromatic rings. The van der Waals surface area contributed by atoms with Gasteiger partial charge in [-0.1, -0.05) is 24.3 Å². The minimum absolute atomic E-state index is 0.113. The van der Waals surface area contributed by atoms with Gasteiger partial charge < -0.3 is 40.2 Å². The third-order valence-corrected chi connectivity index (χ3v) is 9.99. The molecule has 4 heterocycles. The van der Waals surface area contributed by atoms with Gasteiger partial charge in [-0.3, -0.25) is 19.6 Å². The van der Waals surface area contributed by atoms with Gasteiger partial charge in [0.05, 0.1) is 43.8 Å². The first kappa shape index (κ1) is 35.2. The second kappa shape index (κ2) is 19.5. The molecule has 0 aromatic heterocycles. The molecule has 266 valence electrons. The second-order valence-electron chi connectivity index (χ2n) is 13.1. The molecule has 6 rings (SSSR count). The average molecular weight is 667 g/mol. The van der Waals surface area contributed by atoms with Crippen molar-refractivity contribution in [2.24, 2.45) is 0 Å². The number of hydrogen-bond donors (Lipinski definition) is 4. The molecule has 0 amide bonds. The van der Waals surface area contributed by atoms with Crippen LogP contribution >= 0.6 is 0 Å². The molecule has 0 saturated carbocycles. The summed E-state index contributed by atoms with van der Waals surface area (Å²) < 4.78 is 25.2. The predicted octanol–water partition coefficient (Wildman–Crippen LogP) is 1.18. The third kappa shape index (κ3) is 10.7. The normalized spacial score (nSPS) is 30.7. The average Bonchev–Trinajstić information content (AvgIpc) is 3.09. The van der Waals surface area contributed by atoms with Crippen LogP contribution in [-0.2, 0) is 9.47 Å². The van der Waals surface area contributed by atoms with Gasteiger partial charge in [-0.15, -0.1) is 0 Å². The van der Waals surface area contributed by atoms with E-state index in [0.29, 0.717) is 33.0 Å². The van der Waals surface area contributed by atoms with Crippen molar-refractivity contribution in [3.8, 4) is 11.5 Å². The molecule has 0 radical (unpaired) electrons. The summed E-state index contributed by atoms with van der Waals surface area (Å²) in [4.78, 5) is 10.5. The molecule has 4 bridgehead atoms. The lowest BCUT2D eigenvalue weighted by Gasteiger charge is -2.44. The second-order valence-corrected chi connectivity index (χ2v) is 13.1. The van der Waals surface area contributed by atoms with E-state index in [-0.39, 0.29) is 12.1 Å². The van der Waals surface area contributed by atoms with Gasteiger partial charge in [-0.05, 0) is 24.3 Å². The molecular weight excluding hydrogens is 608 g/mol. The Hall–Kier alpha value is -2.68. The quantitative estimate of drug-likeness (QED) is 0.352. The van der Waals surface area contributed by atoms with Crippen molar-refractivity contribution in [3.05, 3.63) is 48.5 Å². The number of nitrogens with zero attached hydrogens (tertiary/aromatic N) is 4. The first-order valence-electron chi connectivity index (χ1n) is 18.2. The first-order valence-corrected chi connectivity index (χ1v) is 18.2. The Morgan fingerprint density at radius 3 is 1.85 bits per heavy atom. The molecule has 4 N–H and O–H groups in total. The van der Waals surface area contributed by atoms with Crippen molar-refractivity contribution in [2.75, 3.05) is 155 Å². The molecule has 2 fully saturated rings. The maximum atomic E-state index is 6.80. The summed E-state index contributed by atoms with van der Waals surface area (Å²) >= 11 is 0. The van der Waals surface area contributed by atoms with Crippen LogP contribution in [0.2, 0.25) is 0 Å². The smallest absolute Gasteiger partial charge is 0.161 e. The summed E-state index contributed by atoms with van der Waals surface area (Å²) in [5, 5.41) is 14.9. The topological polar surface area (TPSA) is 98.0 Å². The highest BCUT2D eigenvalue weighted by atomic mass is 16.5. The van der Waals surface area contributed by atoms with E-state index in [9.17, 15) is 0 Å². The molecule has 4 aliphatic heterocycles. The number of benzene rings is 2. The molecule has 6 unspecified atom stereocenters. The molecule has 2 aromatic carbocycles. The van der Waals surface area contributed by atoms with Crippen molar-refractivity contribution in [1.82, 2.24) is 30.2 Å². The van der Waals surface area contributed by atoms with Crippen LogP contribution in [0, 0.1) is 0 Å². The molecule has 12 heteroatoms. The summed E-state index contributed by atoms with van der Waals surface area (Å²) in [5.74, 6) is 1.63. The summed E-state index contributed by atoms with van der Waals surface area (Å²) in [5.41, 5.74) is 2.28. The van der Waals surface area contributed by atoms with Crippen LogP contribution in [0.15, 0.2) is 48.5 Å². The van der Waals surface area contributed by atoms with Crippen molar-refractivity contribution >= 4 is 11.4 Å². The van der Waals surface area contributed by atoms with E-state index in [2.05, 4.69) is 71.2 Å². The fraction of sp³-hybridized carbons (Fsp3) is 0.667. The first-order chi connectivity index (χ1) is 23.8. The molecule has 6 atom stereocenters. The third-order valence-electron chi connectivity index (χ3n) is 9.99. The van der Waals surface area contributed by atoms with Gasteiger partial charge in [0.2, 0.25) is 0 Å². The zero-order chi connectivity index (χ0) is 32.6. The fourth-order valence-electron chi connectivity index (χ4n) is 7.15. The van der Waals surface area contributed by atoms with Crippen molar-refractivity contribution in [2.45, 2.75) is 12.1 Å². The number of nitrogens with one attached hydrogen (secondary N) is 4. The van der Waals surface area contributed by atoms with Crippen LogP contribution < -0.4 is 30.7 Å². The van der Waals surface area contributed by atoms with Gasteiger partial charge in [-0.2, -0.15) is 0 Å². The molecular formula is C36H58N8O4. The molecule has 4 aliphatic rings. The fourth-order valence-corrected chi connectivity index (χ4v) is 7.15. The highest BCUT2D eigenvalue weighted by molar-refractivity contribution is 5.68. The summed E-state index contributed by atoms with van der Waals surface area (Å²) in [6, 6.07) is 17.0. The van der Waals surface area contributed by atoms with Gasteiger partial charge in [0.1, 0.15) is 13.2 Å². The van der Waals surface area contributed by atoms with Crippen LogP contribution in [0.25, 0.3) is 0 Å². The Morgan fingerprint density at radius 1 is 0.479 bits per heavy atom. The number of para-hydroxylation sites is 4. The predicted molar refractivity (Wildman–Crippen MR) is 192 cm³/mol. The van der Waals surface area contributed by atoms with E-state index in [1.165, 1.54) is 0 Å². The van der Waals surface area contributed by atoms with Gasteiger partial charge >= 0.3 is 0 Å². The number of ether oxygens (including phenoxy) is 4. The maximum Gasteiger partial charge on any atom is 0.161 e. The number of rotatable bonds is 1. The van der Waals surface area contributed by atoms with Crippen molar-refractivity contribution < 1.29 is 18.9 Å². The van der Waals surface area contributed by atoms with Crippen LogP contribution in [0.3, 0.4) is 0 Å². The van der Waals surface area contributed by atoms with E-state index >= 15 is 0 Å². The highest BCUT2D eigenvalue weighted by Gasteiger charge is 2.34. The summed E-state index contributed by atoms with van der Waals surface area (Å²) in [7, 11) is 0. The van der Waals surface area contributed by atoms with Crippen LogP contribution in [0.4, 0.5) is 11.4 Å². The molecule has 0 spiro atoms. The molecule has 12 nitrogen and oxygen atoms in total. The maximum absolute atomic E-state index is 6.80. The van der Waals surface area contributed by atoms with Crippen molar-refractivity contribution in [1.29, 1.82) is 0 Å². The Labute approximate surface area is 287 Å². The SMILES string of the molecule is c1ccc2c(c1)NCCN1CCOCCOCCN(CC1)C(C1COc3ccccc3OCCN3CCNCCNCCN1CC3)CN2. The van der Waals surface area contributed by atoms with Crippen LogP contribution in [0.5, 0.6) is 11.5 Å². The van der Waals surface area contributed by atoms with E-state index in [0.717, 1.165) is 134 Å². The summed E-state index contributed by atoms with van der Waals surface area (Å²) in [6.45, 7) is 18.7. The van der Waals surface area contributed by atoms with Gasteiger partial charge in [0, 0.05) is 111 Å². The van der Waals surface area contributed by atoms with Gasteiger partial charge in [0.25, 0.3) is 0 Å². The monoisotopic (exact) mass is 666 g/mol. The van der Waals surface area contributed by atoms with E-state index in [1.807, 2.05) is 18.2 Å². The number of hydrogen-bond acceptors (Lipinski definition) is 12. The Kier molecular flexibility index (Phi) is 14.3. The van der Waals surface area contributed by atoms with Gasteiger partial charge in [0.15, 0.2) is 11.5 Å². The molecule has 0 aliphatic carbocycles. The lowest BCUT2D eigenvalue weighted by molar-refractivity contribution is -0.00188. The lowest BCUT2D eigenvalue weighted by Crippen LogP contribution is -2.61. The Bertz CT molecular complexity index is 1120. The van der Waals surface area contributed by atoms with E-state index in [1.54, 1.807) is 0 Å². The van der Waals surface area contributed by atoms with Crippen LogP contribution in [-0.4, -0.2) is 176 Å². The standard InChI is InChI=1S/C36H58N8O4/c1-2-6-32-31(5-1)39-13-15-42-18-20-44(23-25-46-28-27-45-24-21-42)33(29-40-32)34-30-48-36-8-4-3-7-35(36)47-26-22-41-14-11-37-9-10-38-12-16-43(34)19-17-41/h1-8,33-34,37-40H,9-30H2. The zero-order valence-electron chi connectivity index (χ0n) is 28.8. The lowest BCUT2D eigenvalue weighted by atomic mass is 10.0. The minimum Gasteiger partial charge on any atom is -0.488 e. The highest BCUT2D eigenvalue weighted by Crippen LogP contribution is 2.28. The van der Waals surface area contributed by atoms with Crippen LogP contribution in [0.1, 0.15) is 0 Å². The number of fused-ring (bicyclic) bond motifs is 8. The molecule has 2 saturated heterocycles.